The first-order chi connectivity index (χ1) is 10.7. The predicted octanol–water partition coefficient (Wildman–Crippen LogP) is 3.88. The molecule has 0 atom stereocenters. The van der Waals surface area contributed by atoms with Crippen molar-refractivity contribution in [3.63, 3.8) is 0 Å². The third-order valence-corrected chi connectivity index (χ3v) is 4.10. The van der Waals surface area contributed by atoms with Gasteiger partial charge in [-0.2, -0.15) is 5.10 Å². The van der Waals surface area contributed by atoms with E-state index in [1.54, 1.807) is 4.52 Å². The van der Waals surface area contributed by atoms with Gasteiger partial charge in [0.25, 0.3) is 0 Å². The summed E-state index contributed by atoms with van der Waals surface area (Å²) < 4.78 is 7.46. The molecule has 0 radical (unpaired) electrons. The molecule has 0 unspecified atom stereocenters. The van der Waals surface area contributed by atoms with Crippen LogP contribution in [0.25, 0.3) is 5.65 Å². The first-order valence-electron chi connectivity index (χ1n) is 7.40. The molecule has 0 saturated heterocycles. The highest BCUT2D eigenvalue weighted by atomic mass is 35.5. The maximum atomic E-state index is 6.50. The van der Waals surface area contributed by atoms with Crippen molar-refractivity contribution in [2.24, 2.45) is 0 Å². The van der Waals surface area contributed by atoms with Crippen LogP contribution in [0.3, 0.4) is 0 Å². The monoisotopic (exact) mass is 315 g/mol. The summed E-state index contributed by atoms with van der Waals surface area (Å²) in [6.07, 6.45) is 3.42. The summed E-state index contributed by atoms with van der Waals surface area (Å²) >= 11 is 6.50. The molecule has 0 aliphatic carbocycles. The normalized spacial score (nSPS) is 11.0. The number of hydrogen-bond donors (Lipinski definition) is 0. The van der Waals surface area contributed by atoms with Crippen LogP contribution in [0.15, 0.2) is 36.5 Å². The Kier molecular flexibility index (Phi) is 4.29. The number of aromatic nitrogens is 3. The number of para-hydroxylation sites is 1. The first kappa shape index (κ1) is 14.9. The molecule has 0 bridgehead atoms. The molecule has 0 N–H and O–H groups in total. The smallest absolute Gasteiger partial charge is 0.160 e. The van der Waals surface area contributed by atoms with Gasteiger partial charge in [0.05, 0.1) is 12.8 Å². The molecule has 3 aromatic rings. The van der Waals surface area contributed by atoms with E-state index in [0.29, 0.717) is 18.2 Å². The average molecular weight is 316 g/mol. The number of ether oxygens (including phenoxy) is 1. The minimum absolute atomic E-state index is 0.555. The quantitative estimate of drug-likeness (QED) is 0.671. The molecule has 5 heteroatoms. The van der Waals surface area contributed by atoms with E-state index in [9.17, 15) is 0 Å². The van der Waals surface area contributed by atoms with Gasteiger partial charge >= 0.3 is 0 Å². The van der Waals surface area contributed by atoms with Crippen LogP contribution < -0.4 is 4.74 Å². The van der Waals surface area contributed by atoms with Gasteiger partial charge in [0, 0.05) is 23.2 Å². The first-order valence-corrected chi connectivity index (χ1v) is 7.78. The summed E-state index contributed by atoms with van der Waals surface area (Å²) in [6, 6.07) is 9.76. The number of benzene rings is 1. The van der Waals surface area contributed by atoms with Gasteiger partial charge in [0.1, 0.15) is 10.9 Å². The molecule has 4 nitrogen and oxygen atoms in total. The van der Waals surface area contributed by atoms with E-state index in [1.807, 2.05) is 43.5 Å². The lowest BCUT2D eigenvalue weighted by molar-refractivity contribution is 0.321. The van der Waals surface area contributed by atoms with E-state index in [2.05, 4.69) is 17.0 Å². The molecular formula is C17H18ClN3O. The molecule has 114 valence electrons. The SMILES string of the molecule is CCc1cnn2c(Cl)c(CCOc3ccccc3)c(C)nc12. The molecule has 2 aromatic heterocycles. The minimum Gasteiger partial charge on any atom is -0.493 e. The number of rotatable bonds is 5. The van der Waals surface area contributed by atoms with E-state index in [0.717, 1.165) is 34.6 Å². The van der Waals surface area contributed by atoms with E-state index in [1.165, 1.54) is 0 Å². The van der Waals surface area contributed by atoms with Crippen LogP contribution in [0.1, 0.15) is 23.7 Å². The van der Waals surface area contributed by atoms with E-state index in [-0.39, 0.29) is 0 Å². The second kappa shape index (κ2) is 6.36. The van der Waals surface area contributed by atoms with Crippen molar-refractivity contribution in [2.75, 3.05) is 6.61 Å². The van der Waals surface area contributed by atoms with E-state index >= 15 is 0 Å². The maximum absolute atomic E-state index is 6.50. The summed E-state index contributed by atoms with van der Waals surface area (Å²) in [7, 11) is 0. The van der Waals surface area contributed by atoms with Crippen molar-refractivity contribution >= 4 is 17.2 Å². The summed E-state index contributed by atoms with van der Waals surface area (Å²) in [4.78, 5) is 4.65. The van der Waals surface area contributed by atoms with Crippen LogP contribution in [-0.2, 0) is 12.8 Å². The van der Waals surface area contributed by atoms with Crippen LogP contribution >= 0.6 is 11.6 Å². The fourth-order valence-electron chi connectivity index (χ4n) is 2.46. The molecule has 22 heavy (non-hydrogen) atoms. The number of halogens is 1. The molecule has 0 amide bonds. The van der Waals surface area contributed by atoms with Crippen molar-refractivity contribution < 1.29 is 4.74 Å². The largest absolute Gasteiger partial charge is 0.493 e. The fourth-order valence-corrected chi connectivity index (χ4v) is 2.82. The fraction of sp³-hybridized carbons (Fsp3) is 0.294. The predicted molar refractivity (Wildman–Crippen MR) is 87.8 cm³/mol. The molecule has 0 aliphatic rings. The lowest BCUT2D eigenvalue weighted by atomic mass is 10.2. The Balaban J connectivity index is 1.81. The van der Waals surface area contributed by atoms with Crippen LogP contribution in [0.2, 0.25) is 5.15 Å². The van der Waals surface area contributed by atoms with Crippen LogP contribution in [0, 0.1) is 6.92 Å². The van der Waals surface area contributed by atoms with Crippen molar-refractivity contribution in [1.29, 1.82) is 0 Å². The Morgan fingerprint density at radius 1 is 1.23 bits per heavy atom. The van der Waals surface area contributed by atoms with Crippen LogP contribution in [-0.4, -0.2) is 21.2 Å². The Morgan fingerprint density at radius 3 is 2.73 bits per heavy atom. The standard InChI is InChI=1S/C17H18ClN3O/c1-3-13-11-19-21-16(18)15(12(2)20-17(13)21)9-10-22-14-7-5-4-6-8-14/h4-8,11H,3,9-10H2,1-2H3. The van der Waals surface area contributed by atoms with Gasteiger partial charge in [-0.3, -0.25) is 0 Å². The number of hydrogen-bond acceptors (Lipinski definition) is 3. The molecule has 0 spiro atoms. The van der Waals surface area contributed by atoms with Crippen LogP contribution in [0.4, 0.5) is 0 Å². The van der Waals surface area contributed by atoms with Gasteiger partial charge < -0.3 is 4.74 Å². The van der Waals surface area contributed by atoms with E-state index in [4.69, 9.17) is 16.3 Å². The molecule has 0 fully saturated rings. The van der Waals surface area contributed by atoms with Gasteiger partial charge in [0.15, 0.2) is 5.65 Å². The van der Waals surface area contributed by atoms with Gasteiger partial charge in [0.2, 0.25) is 0 Å². The average Bonchev–Trinajstić information content (AvgIpc) is 2.94. The Hall–Kier alpha value is -2.07. The number of nitrogens with zero attached hydrogens (tertiary/aromatic N) is 3. The summed E-state index contributed by atoms with van der Waals surface area (Å²) in [5.74, 6) is 0.859. The summed E-state index contributed by atoms with van der Waals surface area (Å²) in [6.45, 7) is 4.62. The maximum Gasteiger partial charge on any atom is 0.160 e. The second-order valence-corrected chi connectivity index (χ2v) is 5.49. The van der Waals surface area contributed by atoms with E-state index < -0.39 is 0 Å². The van der Waals surface area contributed by atoms with Gasteiger partial charge in [-0.15, -0.1) is 0 Å². The molecule has 3 rings (SSSR count). The third-order valence-electron chi connectivity index (χ3n) is 3.71. The van der Waals surface area contributed by atoms with Gasteiger partial charge in [-0.05, 0) is 25.5 Å². The molecule has 2 heterocycles. The molecule has 1 aromatic carbocycles. The summed E-state index contributed by atoms with van der Waals surface area (Å²) in [5.41, 5.74) is 3.87. The molecule has 0 saturated carbocycles. The zero-order valence-corrected chi connectivity index (χ0v) is 13.5. The lowest BCUT2D eigenvalue weighted by Crippen LogP contribution is -2.08. The highest BCUT2D eigenvalue weighted by Crippen LogP contribution is 2.23. The van der Waals surface area contributed by atoms with Gasteiger partial charge in [-0.1, -0.05) is 36.7 Å². The molecular weight excluding hydrogens is 298 g/mol. The Bertz CT molecular complexity index is 783. The number of fused-ring (bicyclic) bond motifs is 1. The lowest BCUT2D eigenvalue weighted by Gasteiger charge is -2.11. The van der Waals surface area contributed by atoms with Crippen molar-refractivity contribution in [3.8, 4) is 5.75 Å². The number of aryl methyl sites for hydroxylation is 2. The highest BCUT2D eigenvalue weighted by Gasteiger charge is 2.14. The topological polar surface area (TPSA) is 39.4 Å². The van der Waals surface area contributed by atoms with Crippen molar-refractivity contribution in [3.05, 3.63) is 58.5 Å². The zero-order chi connectivity index (χ0) is 15.5. The van der Waals surface area contributed by atoms with Crippen molar-refractivity contribution in [2.45, 2.75) is 26.7 Å². The molecule has 0 aliphatic heterocycles. The third kappa shape index (κ3) is 2.79. The van der Waals surface area contributed by atoms with Crippen LogP contribution in [0.5, 0.6) is 5.75 Å². The highest BCUT2D eigenvalue weighted by molar-refractivity contribution is 6.30. The Labute approximate surface area is 134 Å². The zero-order valence-electron chi connectivity index (χ0n) is 12.7. The second-order valence-electron chi connectivity index (χ2n) is 5.14. The minimum atomic E-state index is 0.555. The summed E-state index contributed by atoms with van der Waals surface area (Å²) in [5, 5.41) is 4.96. The Morgan fingerprint density at radius 2 is 2.00 bits per heavy atom. The van der Waals surface area contributed by atoms with Gasteiger partial charge in [-0.25, -0.2) is 9.50 Å². The van der Waals surface area contributed by atoms with Crippen molar-refractivity contribution in [1.82, 2.24) is 14.6 Å².